The molecule has 3 nitrogen and oxygen atoms in total. The van der Waals surface area contributed by atoms with Crippen molar-refractivity contribution >= 4 is 17.4 Å². The Morgan fingerprint density at radius 1 is 1.38 bits per heavy atom. The molecule has 1 unspecified atom stereocenters. The zero-order valence-electron chi connectivity index (χ0n) is 8.55. The fourth-order valence-corrected chi connectivity index (χ4v) is 1.02. The van der Waals surface area contributed by atoms with E-state index in [2.05, 4.69) is 15.5 Å². The molecule has 1 N–H and O–H groups in total. The second-order valence-corrected chi connectivity index (χ2v) is 3.75. The van der Waals surface area contributed by atoms with Crippen LogP contribution in [0.5, 0.6) is 0 Å². The van der Waals surface area contributed by atoms with Gasteiger partial charge in [0, 0.05) is 12.4 Å². The molecule has 90 valence electrons. The first-order chi connectivity index (χ1) is 7.43. The van der Waals surface area contributed by atoms with E-state index in [1.165, 1.54) is 6.07 Å². The summed E-state index contributed by atoms with van der Waals surface area (Å²) in [5.41, 5.74) is -0.997. The van der Waals surface area contributed by atoms with E-state index in [9.17, 15) is 13.2 Å². The van der Waals surface area contributed by atoms with E-state index in [0.717, 1.165) is 6.07 Å². The number of aromatic nitrogens is 2. The van der Waals surface area contributed by atoms with Crippen molar-refractivity contribution in [1.82, 2.24) is 10.2 Å². The van der Waals surface area contributed by atoms with E-state index >= 15 is 0 Å². The molecule has 1 aromatic rings. The zero-order valence-corrected chi connectivity index (χ0v) is 9.31. The summed E-state index contributed by atoms with van der Waals surface area (Å²) in [4.78, 5) is 0. The molecule has 0 saturated carbocycles. The van der Waals surface area contributed by atoms with Crippen molar-refractivity contribution in [2.45, 2.75) is 13.1 Å². The van der Waals surface area contributed by atoms with Crippen LogP contribution in [0, 0.1) is 5.92 Å². The largest absolute Gasteiger partial charge is 0.435 e. The average Bonchev–Trinajstić information content (AvgIpc) is 2.25. The topological polar surface area (TPSA) is 37.8 Å². The SMILES string of the molecule is CC(CCl)CNc1ccc(C(F)(F)F)nn1. The first-order valence-electron chi connectivity index (χ1n) is 4.64. The Labute approximate surface area is 96.0 Å². The van der Waals surface area contributed by atoms with Gasteiger partial charge in [0.25, 0.3) is 0 Å². The molecule has 1 rings (SSSR count). The molecule has 1 heterocycles. The van der Waals surface area contributed by atoms with Gasteiger partial charge in [0.2, 0.25) is 0 Å². The Bertz CT molecular complexity index is 326. The molecule has 0 bridgehead atoms. The van der Waals surface area contributed by atoms with Crippen molar-refractivity contribution in [3.63, 3.8) is 0 Å². The van der Waals surface area contributed by atoms with Gasteiger partial charge < -0.3 is 5.32 Å². The molecular formula is C9H11ClF3N3. The summed E-state index contributed by atoms with van der Waals surface area (Å²) in [6, 6.07) is 2.14. The number of anilines is 1. The van der Waals surface area contributed by atoms with Gasteiger partial charge in [0.05, 0.1) is 0 Å². The predicted octanol–water partition coefficient (Wildman–Crippen LogP) is 2.78. The van der Waals surface area contributed by atoms with Crippen LogP contribution in [0.4, 0.5) is 19.0 Å². The molecule has 7 heteroatoms. The van der Waals surface area contributed by atoms with E-state index in [0.29, 0.717) is 18.2 Å². The number of nitrogens with zero attached hydrogens (tertiary/aromatic N) is 2. The molecule has 0 radical (unpaired) electrons. The molecule has 0 aliphatic carbocycles. The van der Waals surface area contributed by atoms with E-state index in [1.807, 2.05) is 6.92 Å². The highest BCUT2D eigenvalue weighted by molar-refractivity contribution is 6.18. The van der Waals surface area contributed by atoms with Crippen molar-refractivity contribution in [2.75, 3.05) is 17.7 Å². The summed E-state index contributed by atoms with van der Waals surface area (Å²) in [5.74, 6) is 0.997. The highest BCUT2D eigenvalue weighted by atomic mass is 35.5. The van der Waals surface area contributed by atoms with Crippen molar-refractivity contribution in [3.8, 4) is 0 Å². The molecule has 0 saturated heterocycles. The fraction of sp³-hybridized carbons (Fsp3) is 0.556. The monoisotopic (exact) mass is 253 g/mol. The third kappa shape index (κ3) is 3.84. The van der Waals surface area contributed by atoms with Gasteiger partial charge in [-0.15, -0.1) is 21.8 Å². The molecule has 0 aliphatic rings. The molecule has 0 aromatic carbocycles. The highest BCUT2D eigenvalue weighted by Gasteiger charge is 2.32. The molecule has 0 spiro atoms. The number of nitrogens with one attached hydrogen (secondary N) is 1. The van der Waals surface area contributed by atoms with Crippen LogP contribution in [0.1, 0.15) is 12.6 Å². The van der Waals surface area contributed by atoms with Crippen LogP contribution in [0.25, 0.3) is 0 Å². The van der Waals surface area contributed by atoms with Crippen LogP contribution < -0.4 is 5.32 Å². The van der Waals surface area contributed by atoms with Crippen LogP contribution in [-0.2, 0) is 6.18 Å². The summed E-state index contributed by atoms with van der Waals surface area (Å²) in [7, 11) is 0. The van der Waals surface area contributed by atoms with Gasteiger partial charge in [-0.05, 0) is 18.1 Å². The first-order valence-corrected chi connectivity index (χ1v) is 5.17. The maximum absolute atomic E-state index is 12.1. The van der Waals surface area contributed by atoms with Crippen LogP contribution >= 0.6 is 11.6 Å². The van der Waals surface area contributed by atoms with Crippen molar-refractivity contribution in [1.29, 1.82) is 0 Å². The minimum atomic E-state index is -4.45. The van der Waals surface area contributed by atoms with Crippen LogP contribution in [0.2, 0.25) is 0 Å². The minimum Gasteiger partial charge on any atom is -0.368 e. The van der Waals surface area contributed by atoms with E-state index in [4.69, 9.17) is 11.6 Å². The molecule has 1 aromatic heterocycles. The third-order valence-corrected chi connectivity index (χ3v) is 2.38. The molecule has 16 heavy (non-hydrogen) atoms. The van der Waals surface area contributed by atoms with Gasteiger partial charge in [0.1, 0.15) is 5.82 Å². The Morgan fingerprint density at radius 3 is 2.50 bits per heavy atom. The van der Waals surface area contributed by atoms with Crippen molar-refractivity contribution < 1.29 is 13.2 Å². The summed E-state index contributed by atoms with van der Waals surface area (Å²) >= 11 is 5.58. The number of alkyl halides is 4. The maximum Gasteiger partial charge on any atom is 0.435 e. The van der Waals surface area contributed by atoms with Crippen LogP contribution in [0.3, 0.4) is 0 Å². The Balaban J connectivity index is 2.58. The maximum atomic E-state index is 12.1. The molecule has 0 amide bonds. The lowest BCUT2D eigenvalue weighted by Crippen LogP contribution is -2.15. The number of halogens is 4. The van der Waals surface area contributed by atoms with E-state index in [-0.39, 0.29) is 5.92 Å². The second-order valence-electron chi connectivity index (χ2n) is 3.44. The Kier molecular flexibility index (Phi) is 4.35. The molecule has 1 atom stereocenters. The van der Waals surface area contributed by atoms with E-state index in [1.54, 1.807) is 0 Å². The number of hydrogen-bond acceptors (Lipinski definition) is 3. The third-order valence-electron chi connectivity index (χ3n) is 1.85. The Morgan fingerprint density at radius 2 is 2.06 bits per heavy atom. The minimum absolute atomic E-state index is 0.214. The van der Waals surface area contributed by atoms with Crippen molar-refractivity contribution in [3.05, 3.63) is 17.8 Å². The van der Waals surface area contributed by atoms with Gasteiger partial charge >= 0.3 is 6.18 Å². The summed E-state index contributed by atoms with van der Waals surface area (Å²) in [6.07, 6.45) is -4.45. The summed E-state index contributed by atoms with van der Waals surface area (Å²) < 4.78 is 36.4. The van der Waals surface area contributed by atoms with Gasteiger partial charge in [-0.1, -0.05) is 6.92 Å². The standard InChI is InChI=1S/C9H11ClF3N3/c1-6(4-10)5-14-8-3-2-7(15-16-8)9(11,12)13/h2-3,6H,4-5H2,1H3,(H,14,16). The van der Waals surface area contributed by atoms with Crippen molar-refractivity contribution in [2.24, 2.45) is 5.92 Å². The van der Waals surface area contributed by atoms with Crippen LogP contribution in [-0.4, -0.2) is 22.6 Å². The smallest absolute Gasteiger partial charge is 0.368 e. The fourth-order valence-electron chi connectivity index (χ4n) is 0.911. The summed E-state index contributed by atoms with van der Waals surface area (Å²) in [6.45, 7) is 2.46. The zero-order chi connectivity index (χ0) is 12.2. The first kappa shape index (κ1) is 13.0. The normalized spacial score (nSPS) is 13.6. The number of hydrogen-bond donors (Lipinski definition) is 1. The highest BCUT2D eigenvalue weighted by Crippen LogP contribution is 2.26. The number of rotatable bonds is 4. The van der Waals surface area contributed by atoms with E-state index < -0.39 is 11.9 Å². The lowest BCUT2D eigenvalue weighted by atomic mass is 10.2. The second kappa shape index (κ2) is 5.34. The lowest BCUT2D eigenvalue weighted by Gasteiger charge is -2.10. The van der Waals surface area contributed by atoms with Crippen LogP contribution in [0.15, 0.2) is 12.1 Å². The van der Waals surface area contributed by atoms with Gasteiger partial charge in [-0.3, -0.25) is 0 Å². The molecule has 0 fully saturated rings. The van der Waals surface area contributed by atoms with Gasteiger partial charge in [-0.2, -0.15) is 13.2 Å². The molecule has 0 aliphatic heterocycles. The average molecular weight is 254 g/mol. The lowest BCUT2D eigenvalue weighted by molar-refractivity contribution is -0.141. The Hall–Kier alpha value is -1.04. The van der Waals surface area contributed by atoms with Gasteiger partial charge in [-0.25, -0.2) is 0 Å². The predicted molar refractivity (Wildman–Crippen MR) is 55.4 cm³/mol. The summed E-state index contributed by atoms with van der Waals surface area (Å²) in [5, 5.41) is 9.36. The quantitative estimate of drug-likeness (QED) is 0.839. The van der Waals surface area contributed by atoms with Gasteiger partial charge in [0.15, 0.2) is 5.69 Å². The molecular weight excluding hydrogens is 243 g/mol.